The molecule has 3 unspecified atom stereocenters. The second-order valence-corrected chi connectivity index (χ2v) is 3.37. The van der Waals surface area contributed by atoms with E-state index in [1.165, 1.54) is 4.90 Å². The summed E-state index contributed by atoms with van der Waals surface area (Å²) in [4.78, 5) is 12.8. The van der Waals surface area contributed by atoms with Crippen molar-refractivity contribution in [3.8, 4) is 0 Å². The Labute approximate surface area is 72.1 Å². The minimum atomic E-state index is -0.501. The van der Waals surface area contributed by atoms with Crippen LogP contribution in [-0.2, 0) is 9.53 Å². The molecule has 1 aliphatic rings. The highest BCUT2D eigenvalue weighted by Crippen LogP contribution is 2.20. The molecule has 1 fully saturated rings. The molecule has 1 amide bonds. The van der Waals surface area contributed by atoms with Crippen LogP contribution in [0.2, 0.25) is 0 Å². The molecular formula is C8H15NO3. The van der Waals surface area contributed by atoms with E-state index in [0.717, 1.165) is 0 Å². The Morgan fingerprint density at radius 1 is 1.58 bits per heavy atom. The normalized spacial score (nSPS) is 35.2. The van der Waals surface area contributed by atoms with Gasteiger partial charge in [-0.25, -0.2) is 0 Å². The van der Waals surface area contributed by atoms with Crippen molar-refractivity contribution in [2.45, 2.75) is 31.7 Å². The van der Waals surface area contributed by atoms with Crippen molar-refractivity contribution in [3.05, 3.63) is 0 Å². The summed E-state index contributed by atoms with van der Waals surface area (Å²) < 4.78 is 5.26. The van der Waals surface area contributed by atoms with Gasteiger partial charge in [-0.05, 0) is 6.92 Å². The van der Waals surface area contributed by atoms with Gasteiger partial charge in [0.25, 0.3) is 5.91 Å². The first-order valence-electron chi connectivity index (χ1n) is 4.07. The smallest absolute Gasteiger partial charge is 0.251 e. The zero-order valence-corrected chi connectivity index (χ0v) is 7.65. The number of carbonyl (C=O) groups is 1. The molecule has 0 spiro atoms. The number of ether oxygens (including phenoxy) is 1. The number of amides is 1. The molecule has 1 rings (SSSR count). The zero-order chi connectivity index (χ0) is 9.30. The van der Waals surface area contributed by atoms with Gasteiger partial charge in [-0.1, -0.05) is 0 Å². The Morgan fingerprint density at radius 2 is 2.17 bits per heavy atom. The van der Waals surface area contributed by atoms with Gasteiger partial charge in [0.15, 0.2) is 0 Å². The molecule has 0 saturated carbocycles. The van der Waals surface area contributed by atoms with Crippen molar-refractivity contribution in [1.82, 2.24) is 4.90 Å². The molecule has 0 aromatic heterocycles. The molecule has 0 aromatic rings. The van der Waals surface area contributed by atoms with Crippen molar-refractivity contribution in [2.24, 2.45) is 0 Å². The van der Waals surface area contributed by atoms with Gasteiger partial charge < -0.3 is 14.7 Å². The van der Waals surface area contributed by atoms with E-state index >= 15 is 0 Å². The summed E-state index contributed by atoms with van der Waals surface area (Å²) in [7, 11) is 3.36. The van der Waals surface area contributed by atoms with Gasteiger partial charge in [0.2, 0.25) is 0 Å². The lowest BCUT2D eigenvalue weighted by Gasteiger charge is -2.15. The average molecular weight is 173 g/mol. The van der Waals surface area contributed by atoms with Crippen LogP contribution in [0.15, 0.2) is 0 Å². The van der Waals surface area contributed by atoms with Crippen molar-refractivity contribution < 1.29 is 14.6 Å². The Hall–Kier alpha value is -0.610. The molecule has 0 radical (unpaired) electrons. The Kier molecular flexibility index (Phi) is 2.69. The molecule has 3 atom stereocenters. The van der Waals surface area contributed by atoms with Crippen LogP contribution in [0.5, 0.6) is 0 Å². The number of nitrogens with zero attached hydrogens (tertiary/aromatic N) is 1. The molecule has 1 heterocycles. The number of likely N-dealkylation sites (N-methyl/N-ethyl adjacent to an activating group) is 1. The zero-order valence-electron chi connectivity index (χ0n) is 7.65. The third kappa shape index (κ3) is 1.76. The topological polar surface area (TPSA) is 49.8 Å². The van der Waals surface area contributed by atoms with E-state index in [0.29, 0.717) is 6.42 Å². The summed E-state index contributed by atoms with van der Waals surface area (Å²) in [6.45, 7) is 1.77. The predicted molar refractivity (Wildman–Crippen MR) is 43.7 cm³/mol. The molecule has 12 heavy (non-hydrogen) atoms. The van der Waals surface area contributed by atoms with Crippen LogP contribution in [0, 0.1) is 0 Å². The average Bonchev–Trinajstić information content (AvgIpc) is 2.30. The van der Waals surface area contributed by atoms with Crippen molar-refractivity contribution in [3.63, 3.8) is 0 Å². The largest absolute Gasteiger partial charge is 0.390 e. The number of aliphatic hydroxyl groups is 1. The molecule has 4 heteroatoms. The summed E-state index contributed by atoms with van der Waals surface area (Å²) in [5, 5.41) is 9.30. The van der Waals surface area contributed by atoms with E-state index in [9.17, 15) is 9.90 Å². The quantitative estimate of drug-likeness (QED) is 0.587. The monoisotopic (exact) mass is 173 g/mol. The van der Waals surface area contributed by atoms with Crippen LogP contribution in [0.1, 0.15) is 13.3 Å². The predicted octanol–water partition coefficient (Wildman–Crippen LogP) is -0.387. The second kappa shape index (κ2) is 3.41. The fraction of sp³-hybridized carbons (Fsp3) is 0.875. The summed E-state index contributed by atoms with van der Waals surface area (Å²) in [6, 6.07) is 0. The van der Waals surface area contributed by atoms with E-state index in [1.807, 2.05) is 0 Å². The number of hydrogen-bond donors (Lipinski definition) is 1. The lowest BCUT2D eigenvalue weighted by Crippen LogP contribution is -2.33. The van der Waals surface area contributed by atoms with E-state index in [4.69, 9.17) is 4.74 Å². The number of hydrogen-bond acceptors (Lipinski definition) is 3. The van der Waals surface area contributed by atoms with E-state index < -0.39 is 12.2 Å². The maximum Gasteiger partial charge on any atom is 0.251 e. The summed E-state index contributed by atoms with van der Waals surface area (Å²) in [5.74, 6) is -0.0709. The van der Waals surface area contributed by atoms with Gasteiger partial charge in [0.05, 0.1) is 12.2 Å². The van der Waals surface area contributed by atoms with Gasteiger partial charge in [-0.3, -0.25) is 4.79 Å². The summed E-state index contributed by atoms with van der Waals surface area (Å²) >= 11 is 0. The first-order valence-corrected chi connectivity index (χ1v) is 4.07. The Balaban J connectivity index is 2.52. The third-order valence-corrected chi connectivity index (χ3v) is 2.09. The molecule has 70 valence electrons. The first kappa shape index (κ1) is 9.48. The molecular weight excluding hydrogens is 158 g/mol. The van der Waals surface area contributed by atoms with Crippen LogP contribution in [0.25, 0.3) is 0 Å². The van der Waals surface area contributed by atoms with Gasteiger partial charge >= 0.3 is 0 Å². The minimum Gasteiger partial charge on any atom is -0.390 e. The van der Waals surface area contributed by atoms with E-state index in [-0.39, 0.29) is 12.0 Å². The molecule has 1 N–H and O–H groups in total. The minimum absolute atomic E-state index is 0.0709. The molecule has 1 saturated heterocycles. The van der Waals surface area contributed by atoms with Crippen molar-refractivity contribution in [1.29, 1.82) is 0 Å². The second-order valence-electron chi connectivity index (χ2n) is 3.37. The first-order chi connectivity index (χ1) is 5.52. The highest BCUT2D eigenvalue weighted by Gasteiger charge is 2.35. The molecule has 4 nitrogen and oxygen atoms in total. The van der Waals surface area contributed by atoms with Crippen LogP contribution in [-0.4, -0.2) is 48.3 Å². The Morgan fingerprint density at radius 3 is 2.50 bits per heavy atom. The lowest BCUT2D eigenvalue weighted by molar-refractivity contribution is -0.140. The van der Waals surface area contributed by atoms with Crippen molar-refractivity contribution >= 4 is 5.91 Å². The van der Waals surface area contributed by atoms with E-state index in [2.05, 4.69) is 0 Å². The van der Waals surface area contributed by atoms with Crippen LogP contribution in [0.3, 0.4) is 0 Å². The fourth-order valence-corrected chi connectivity index (χ4v) is 1.26. The highest BCUT2D eigenvalue weighted by atomic mass is 16.5. The maximum atomic E-state index is 11.3. The van der Waals surface area contributed by atoms with Crippen LogP contribution >= 0.6 is 0 Å². The highest BCUT2D eigenvalue weighted by molar-refractivity contribution is 5.80. The SMILES string of the molecule is CC1OC(C(=O)N(C)C)CC1O. The van der Waals surface area contributed by atoms with E-state index in [1.54, 1.807) is 21.0 Å². The van der Waals surface area contributed by atoms with Crippen LogP contribution < -0.4 is 0 Å². The Bertz CT molecular complexity index is 171. The van der Waals surface area contributed by atoms with Crippen molar-refractivity contribution in [2.75, 3.05) is 14.1 Å². The van der Waals surface area contributed by atoms with Gasteiger partial charge in [-0.2, -0.15) is 0 Å². The molecule has 0 aliphatic carbocycles. The van der Waals surface area contributed by atoms with Gasteiger partial charge in [0.1, 0.15) is 6.10 Å². The van der Waals surface area contributed by atoms with Gasteiger partial charge in [-0.15, -0.1) is 0 Å². The maximum absolute atomic E-state index is 11.3. The summed E-state index contributed by atoms with van der Waals surface area (Å²) in [6.07, 6.45) is -0.763. The molecule has 1 aliphatic heterocycles. The number of rotatable bonds is 1. The standard InChI is InChI=1S/C8H15NO3/c1-5-6(10)4-7(12-5)8(11)9(2)3/h5-7,10H,4H2,1-3H3. The third-order valence-electron chi connectivity index (χ3n) is 2.09. The van der Waals surface area contributed by atoms with Gasteiger partial charge in [0, 0.05) is 20.5 Å². The lowest BCUT2D eigenvalue weighted by atomic mass is 10.1. The van der Waals surface area contributed by atoms with Crippen LogP contribution in [0.4, 0.5) is 0 Å². The fourth-order valence-electron chi connectivity index (χ4n) is 1.26. The molecule has 0 aromatic carbocycles. The number of carbonyl (C=O) groups excluding carboxylic acids is 1. The molecule has 0 bridgehead atoms. The number of aliphatic hydroxyl groups excluding tert-OH is 1. The summed E-state index contributed by atoms with van der Waals surface area (Å²) in [5.41, 5.74) is 0.